The van der Waals surface area contributed by atoms with Crippen LogP contribution in [0.4, 0.5) is 18.0 Å². The molecule has 1 aromatic rings. The van der Waals surface area contributed by atoms with Crippen LogP contribution in [-0.4, -0.2) is 28.7 Å². The first kappa shape index (κ1) is 16.0. The molecule has 0 aromatic heterocycles. The summed E-state index contributed by atoms with van der Waals surface area (Å²) in [5.41, 5.74) is -1.73. The van der Waals surface area contributed by atoms with Crippen LogP contribution in [0, 0.1) is 0 Å². The van der Waals surface area contributed by atoms with Crippen molar-refractivity contribution in [2.24, 2.45) is 5.10 Å². The molecule has 3 amide bonds. The molecule has 1 aliphatic rings. The first-order chi connectivity index (χ1) is 10.2. The third kappa shape index (κ3) is 2.95. The average molecular weight is 313 g/mol. The fourth-order valence-electron chi connectivity index (χ4n) is 1.93. The molecule has 5 nitrogen and oxygen atoms in total. The van der Waals surface area contributed by atoms with Crippen molar-refractivity contribution in [2.75, 3.05) is 0 Å². The minimum atomic E-state index is -4.47. The molecule has 22 heavy (non-hydrogen) atoms. The number of imide groups is 1. The zero-order valence-electron chi connectivity index (χ0n) is 11.9. The van der Waals surface area contributed by atoms with E-state index < -0.39 is 29.2 Å². The van der Waals surface area contributed by atoms with E-state index in [0.29, 0.717) is 11.4 Å². The minimum absolute atomic E-state index is 0.139. The van der Waals surface area contributed by atoms with Gasteiger partial charge in [0.2, 0.25) is 0 Å². The molecule has 118 valence electrons. The first-order valence-corrected chi connectivity index (χ1v) is 6.55. The average Bonchev–Trinajstić information content (AvgIpc) is 2.67. The number of urea groups is 1. The molecular formula is C14H14F3N3O2. The van der Waals surface area contributed by atoms with E-state index in [1.54, 1.807) is 13.8 Å². The summed E-state index contributed by atoms with van der Waals surface area (Å²) in [6.07, 6.45) is -3.03. The van der Waals surface area contributed by atoms with Gasteiger partial charge in [-0.15, -0.1) is 5.01 Å². The summed E-state index contributed by atoms with van der Waals surface area (Å²) in [6.45, 7) is 3.30. The van der Waals surface area contributed by atoms with Crippen molar-refractivity contribution in [2.45, 2.75) is 32.0 Å². The SMILES string of the molecule is CCC1(C)NC(=O)N(/N=C/c2cccc(C(F)(F)F)c2)C1=O. The second kappa shape index (κ2) is 5.43. The Labute approximate surface area is 124 Å². The number of carbonyl (C=O) groups excluding carboxylic acids is 2. The minimum Gasteiger partial charge on any atom is -0.322 e. The second-order valence-corrected chi connectivity index (χ2v) is 5.10. The monoisotopic (exact) mass is 313 g/mol. The summed E-state index contributed by atoms with van der Waals surface area (Å²) in [7, 11) is 0. The van der Waals surface area contributed by atoms with Crippen LogP contribution in [0.1, 0.15) is 31.4 Å². The number of nitrogens with one attached hydrogen (secondary N) is 1. The Morgan fingerprint density at radius 2 is 2.05 bits per heavy atom. The molecule has 0 aliphatic carbocycles. The number of benzene rings is 1. The normalized spacial score (nSPS) is 22.5. The van der Waals surface area contributed by atoms with Crippen molar-refractivity contribution in [1.29, 1.82) is 0 Å². The van der Waals surface area contributed by atoms with Gasteiger partial charge in [-0.25, -0.2) is 4.79 Å². The van der Waals surface area contributed by atoms with E-state index >= 15 is 0 Å². The Morgan fingerprint density at radius 3 is 2.59 bits per heavy atom. The molecule has 1 heterocycles. The van der Waals surface area contributed by atoms with Crippen LogP contribution in [-0.2, 0) is 11.0 Å². The number of halogens is 3. The fraction of sp³-hybridized carbons (Fsp3) is 0.357. The maximum Gasteiger partial charge on any atom is 0.416 e. The van der Waals surface area contributed by atoms with E-state index in [2.05, 4.69) is 10.4 Å². The molecule has 0 saturated carbocycles. The lowest BCUT2D eigenvalue weighted by Gasteiger charge is -2.17. The van der Waals surface area contributed by atoms with Gasteiger partial charge in [0, 0.05) is 0 Å². The zero-order chi connectivity index (χ0) is 16.5. The molecule has 8 heteroatoms. The Bertz CT molecular complexity index is 642. The maximum atomic E-state index is 12.6. The highest BCUT2D eigenvalue weighted by Gasteiger charge is 2.46. The molecule has 0 spiro atoms. The molecule has 1 aromatic carbocycles. The van der Waals surface area contributed by atoms with E-state index in [-0.39, 0.29) is 5.56 Å². The smallest absolute Gasteiger partial charge is 0.322 e. The lowest BCUT2D eigenvalue weighted by atomic mass is 10.00. The quantitative estimate of drug-likeness (QED) is 0.689. The van der Waals surface area contributed by atoms with Gasteiger partial charge in [0.05, 0.1) is 11.8 Å². The molecule has 1 fully saturated rings. The van der Waals surface area contributed by atoms with Crippen LogP contribution in [0.2, 0.25) is 0 Å². The van der Waals surface area contributed by atoms with Gasteiger partial charge in [0.15, 0.2) is 0 Å². The van der Waals surface area contributed by atoms with Crippen molar-refractivity contribution >= 4 is 18.2 Å². The molecule has 2 rings (SSSR count). The molecule has 1 saturated heterocycles. The van der Waals surface area contributed by atoms with Gasteiger partial charge >= 0.3 is 12.2 Å². The van der Waals surface area contributed by atoms with Gasteiger partial charge in [0.1, 0.15) is 5.54 Å². The largest absolute Gasteiger partial charge is 0.416 e. The summed E-state index contributed by atoms with van der Waals surface area (Å²) in [5.74, 6) is -0.539. The molecule has 1 aliphatic heterocycles. The third-order valence-corrected chi connectivity index (χ3v) is 3.48. The van der Waals surface area contributed by atoms with Crippen LogP contribution >= 0.6 is 0 Å². The van der Waals surface area contributed by atoms with Gasteiger partial charge in [-0.1, -0.05) is 19.1 Å². The highest BCUT2D eigenvalue weighted by molar-refractivity contribution is 6.07. The number of hydrogen-bond acceptors (Lipinski definition) is 3. The summed E-state index contributed by atoms with van der Waals surface area (Å²) < 4.78 is 37.8. The summed E-state index contributed by atoms with van der Waals surface area (Å²) in [4.78, 5) is 23.8. The number of alkyl halides is 3. The number of hydrogen-bond donors (Lipinski definition) is 1. The second-order valence-electron chi connectivity index (χ2n) is 5.10. The zero-order valence-corrected chi connectivity index (χ0v) is 11.9. The summed E-state index contributed by atoms with van der Waals surface area (Å²) in [6, 6.07) is 3.75. The highest BCUT2D eigenvalue weighted by Crippen LogP contribution is 2.29. The predicted molar refractivity (Wildman–Crippen MR) is 73.1 cm³/mol. The van der Waals surface area contributed by atoms with E-state index in [9.17, 15) is 22.8 Å². The van der Waals surface area contributed by atoms with E-state index in [1.165, 1.54) is 12.1 Å². The maximum absolute atomic E-state index is 12.6. The predicted octanol–water partition coefficient (Wildman–Crippen LogP) is 2.76. The summed E-state index contributed by atoms with van der Waals surface area (Å²) >= 11 is 0. The van der Waals surface area contributed by atoms with Crippen molar-refractivity contribution in [3.8, 4) is 0 Å². The number of carbonyl (C=O) groups is 2. The first-order valence-electron chi connectivity index (χ1n) is 6.55. The lowest BCUT2D eigenvalue weighted by molar-refractivity contribution is -0.137. The Morgan fingerprint density at radius 1 is 1.36 bits per heavy atom. The van der Waals surface area contributed by atoms with Crippen LogP contribution in [0.25, 0.3) is 0 Å². The number of rotatable bonds is 3. The number of nitrogens with zero attached hydrogens (tertiary/aromatic N) is 2. The van der Waals surface area contributed by atoms with E-state index in [4.69, 9.17) is 0 Å². The van der Waals surface area contributed by atoms with Crippen molar-refractivity contribution < 1.29 is 22.8 Å². The van der Waals surface area contributed by atoms with Gasteiger partial charge < -0.3 is 5.32 Å². The Balaban J connectivity index is 2.23. The lowest BCUT2D eigenvalue weighted by Crippen LogP contribution is -2.42. The Hall–Kier alpha value is -2.38. The molecule has 1 N–H and O–H groups in total. The fourth-order valence-corrected chi connectivity index (χ4v) is 1.93. The standard InChI is InChI=1S/C14H14F3N3O2/c1-3-13(2)11(21)20(12(22)19-13)18-8-9-5-4-6-10(7-9)14(15,16)17/h4-8H,3H2,1-2H3,(H,19,22)/b18-8+. The molecule has 1 unspecified atom stereocenters. The molecule has 0 bridgehead atoms. The number of hydrazone groups is 1. The van der Waals surface area contributed by atoms with Crippen molar-refractivity contribution in [3.05, 3.63) is 35.4 Å². The molecule has 0 radical (unpaired) electrons. The van der Waals surface area contributed by atoms with Crippen LogP contribution in [0.3, 0.4) is 0 Å². The van der Waals surface area contributed by atoms with Crippen LogP contribution < -0.4 is 5.32 Å². The van der Waals surface area contributed by atoms with E-state index in [0.717, 1.165) is 18.3 Å². The van der Waals surface area contributed by atoms with Gasteiger partial charge in [-0.05, 0) is 31.0 Å². The molecular weight excluding hydrogens is 299 g/mol. The van der Waals surface area contributed by atoms with Crippen molar-refractivity contribution in [1.82, 2.24) is 10.3 Å². The Kier molecular flexibility index (Phi) is 3.95. The van der Waals surface area contributed by atoms with Crippen molar-refractivity contribution in [3.63, 3.8) is 0 Å². The van der Waals surface area contributed by atoms with Crippen LogP contribution in [0.5, 0.6) is 0 Å². The van der Waals surface area contributed by atoms with Gasteiger partial charge in [-0.2, -0.15) is 18.3 Å². The van der Waals surface area contributed by atoms with Crippen LogP contribution in [0.15, 0.2) is 29.4 Å². The summed E-state index contributed by atoms with van der Waals surface area (Å²) in [5, 5.41) is 6.83. The number of amides is 3. The molecule has 1 atom stereocenters. The van der Waals surface area contributed by atoms with Gasteiger partial charge in [-0.3, -0.25) is 4.79 Å². The van der Waals surface area contributed by atoms with Gasteiger partial charge in [0.25, 0.3) is 5.91 Å². The van der Waals surface area contributed by atoms with E-state index in [1.807, 2.05) is 0 Å². The topological polar surface area (TPSA) is 61.8 Å². The third-order valence-electron chi connectivity index (χ3n) is 3.48. The highest BCUT2D eigenvalue weighted by atomic mass is 19.4.